The Morgan fingerprint density at radius 2 is 1.76 bits per heavy atom. The van der Waals surface area contributed by atoms with Gasteiger partial charge < -0.3 is 10.1 Å². The Bertz CT molecular complexity index is 571. The van der Waals surface area contributed by atoms with Crippen LogP contribution in [0.2, 0.25) is 0 Å². The number of rotatable bonds is 3. The fourth-order valence-electron chi connectivity index (χ4n) is 5.13. The van der Waals surface area contributed by atoms with Crippen LogP contribution in [0.25, 0.3) is 0 Å². The quantitative estimate of drug-likeness (QED) is 0.725. The Labute approximate surface area is 158 Å². The van der Waals surface area contributed by atoms with Crippen molar-refractivity contribution in [2.24, 2.45) is 11.8 Å². The number of allylic oxidation sites excluding steroid dienone is 2. The SMILES string of the molecule is COC(=O)C1=CC(Br)=CNC1N1CC2CN(C3CCCCC3)CC2C1. The minimum absolute atomic E-state index is 0.0671. The number of methoxy groups -OCH3 is 1. The minimum atomic E-state index is -0.247. The standard InChI is InChI=1S/C19H28BrN3O2/c1-25-19(24)17-7-15(20)8-21-18(17)23-11-13-9-22(10-14(13)12-23)16-5-3-2-4-6-16/h7-8,13-14,16,18,21H,2-6,9-12H2,1H3. The van der Waals surface area contributed by atoms with Gasteiger partial charge in [-0.15, -0.1) is 0 Å². The molecule has 0 aromatic rings. The summed E-state index contributed by atoms with van der Waals surface area (Å²) in [5.41, 5.74) is 0.695. The molecule has 3 atom stereocenters. The highest BCUT2D eigenvalue weighted by molar-refractivity contribution is 9.11. The highest BCUT2D eigenvalue weighted by atomic mass is 79.9. The smallest absolute Gasteiger partial charge is 0.337 e. The molecule has 0 amide bonds. The lowest BCUT2D eigenvalue weighted by molar-refractivity contribution is -0.137. The van der Waals surface area contributed by atoms with Gasteiger partial charge in [-0.25, -0.2) is 4.79 Å². The van der Waals surface area contributed by atoms with Crippen molar-refractivity contribution in [3.05, 3.63) is 22.3 Å². The number of nitrogens with one attached hydrogen (secondary N) is 1. The summed E-state index contributed by atoms with van der Waals surface area (Å²) < 4.78 is 5.87. The molecule has 0 radical (unpaired) electrons. The highest BCUT2D eigenvalue weighted by Crippen LogP contribution is 2.37. The van der Waals surface area contributed by atoms with E-state index in [9.17, 15) is 4.79 Å². The predicted molar refractivity (Wildman–Crippen MR) is 101 cm³/mol. The van der Waals surface area contributed by atoms with Crippen LogP contribution in [0.5, 0.6) is 0 Å². The molecule has 1 saturated carbocycles. The molecular formula is C19H28BrN3O2. The van der Waals surface area contributed by atoms with Gasteiger partial charge in [0.1, 0.15) is 6.17 Å². The lowest BCUT2D eigenvalue weighted by atomic mass is 9.94. The third kappa shape index (κ3) is 3.53. The zero-order valence-corrected chi connectivity index (χ0v) is 16.5. The van der Waals surface area contributed by atoms with E-state index in [1.807, 2.05) is 12.3 Å². The molecule has 1 N–H and O–H groups in total. The van der Waals surface area contributed by atoms with Crippen LogP contribution in [-0.4, -0.2) is 61.3 Å². The normalized spacial score (nSPS) is 34.2. The Hall–Kier alpha value is -0.850. The van der Waals surface area contributed by atoms with Gasteiger partial charge in [-0.3, -0.25) is 9.80 Å². The summed E-state index contributed by atoms with van der Waals surface area (Å²) in [6, 6.07) is 0.824. The lowest BCUT2D eigenvalue weighted by Gasteiger charge is -2.34. The van der Waals surface area contributed by atoms with Gasteiger partial charge in [-0.1, -0.05) is 19.3 Å². The molecule has 3 aliphatic heterocycles. The molecule has 5 nitrogen and oxygen atoms in total. The zero-order chi connectivity index (χ0) is 17.4. The zero-order valence-electron chi connectivity index (χ0n) is 14.9. The molecule has 1 aliphatic carbocycles. The van der Waals surface area contributed by atoms with Crippen LogP contribution in [0.15, 0.2) is 22.3 Å². The van der Waals surface area contributed by atoms with E-state index >= 15 is 0 Å². The van der Waals surface area contributed by atoms with Gasteiger partial charge in [0.15, 0.2) is 0 Å². The van der Waals surface area contributed by atoms with Crippen LogP contribution in [0, 0.1) is 11.8 Å². The minimum Gasteiger partial charge on any atom is -0.466 e. The maximum Gasteiger partial charge on any atom is 0.337 e. The molecule has 0 aromatic carbocycles. The number of carbonyl (C=O) groups excluding carboxylic acids is 1. The first-order chi connectivity index (χ1) is 12.2. The number of carbonyl (C=O) groups is 1. The van der Waals surface area contributed by atoms with Crippen LogP contribution in [0.3, 0.4) is 0 Å². The third-order valence-corrected chi connectivity index (χ3v) is 6.84. The van der Waals surface area contributed by atoms with Crippen molar-refractivity contribution in [2.75, 3.05) is 33.3 Å². The number of dihydropyridines is 1. The summed E-state index contributed by atoms with van der Waals surface area (Å²) in [4.78, 5) is 17.4. The van der Waals surface area contributed by atoms with Gasteiger partial charge in [0, 0.05) is 42.9 Å². The van der Waals surface area contributed by atoms with Crippen LogP contribution in [0.1, 0.15) is 32.1 Å². The largest absolute Gasteiger partial charge is 0.466 e. The number of hydrogen-bond acceptors (Lipinski definition) is 5. The first-order valence-corrected chi connectivity index (χ1v) is 10.3. The number of nitrogens with zero attached hydrogens (tertiary/aromatic N) is 2. The second-order valence-corrected chi connectivity index (χ2v) is 8.83. The van der Waals surface area contributed by atoms with Crippen LogP contribution >= 0.6 is 15.9 Å². The molecule has 0 aromatic heterocycles. The van der Waals surface area contributed by atoms with Crippen molar-refractivity contribution in [2.45, 2.75) is 44.3 Å². The summed E-state index contributed by atoms with van der Waals surface area (Å²) >= 11 is 3.45. The number of halogens is 1. The van der Waals surface area contributed by atoms with E-state index in [-0.39, 0.29) is 12.1 Å². The van der Waals surface area contributed by atoms with Gasteiger partial charge in [-0.05, 0) is 46.7 Å². The Balaban J connectivity index is 1.39. The number of hydrogen-bond donors (Lipinski definition) is 1. The Kier molecular flexibility index (Phi) is 5.20. The van der Waals surface area contributed by atoms with Crippen molar-refractivity contribution >= 4 is 21.9 Å². The van der Waals surface area contributed by atoms with E-state index in [1.54, 1.807) is 0 Å². The monoisotopic (exact) mass is 409 g/mol. The number of fused-ring (bicyclic) bond motifs is 1. The summed E-state index contributed by atoms with van der Waals surface area (Å²) in [5, 5.41) is 3.37. The molecule has 138 valence electrons. The molecule has 2 saturated heterocycles. The number of likely N-dealkylation sites (tertiary alicyclic amines) is 2. The lowest BCUT2D eigenvalue weighted by Crippen LogP contribution is -2.48. The maximum atomic E-state index is 12.2. The first kappa shape index (κ1) is 17.6. The highest BCUT2D eigenvalue weighted by Gasteiger charge is 2.45. The van der Waals surface area contributed by atoms with E-state index < -0.39 is 0 Å². The van der Waals surface area contributed by atoms with Crippen LogP contribution in [0.4, 0.5) is 0 Å². The van der Waals surface area contributed by atoms with Crippen molar-refractivity contribution < 1.29 is 9.53 Å². The molecule has 3 heterocycles. The van der Waals surface area contributed by atoms with E-state index in [2.05, 4.69) is 31.0 Å². The van der Waals surface area contributed by atoms with E-state index in [1.165, 1.54) is 52.3 Å². The predicted octanol–water partition coefficient (Wildman–Crippen LogP) is 2.45. The van der Waals surface area contributed by atoms with Crippen LogP contribution in [-0.2, 0) is 9.53 Å². The second kappa shape index (κ2) is 7.41. The average Bonchev–Trinajstić information content (AvgIpc) is 3.20. The molecule has 3 fully saturated rings. The van der Waals surface area contributed by atoms with Gasteiger partial charge in [-0.2, -0.15) is 0 Å². The molecule has 0 spiro atoms. The summed E-state index contributed by atoms with van der Waals surface area (Å²) in [5.74, 6) is 1.22. The number of esters is 1. The van der Waals surface area contributed by atoms with E-state index in [4.69, 9.17) is 4.74 Å². The van der Waals surface area contributed by atoms with E-state index in [0.29, 0.717) is 5.57 Å². The molecule has 3 unspecified atom stereocenters. The summed E-state index contributed by atoms with van der Waals surface area (Å²) in [6.45, 7) is 4.58. The van der Waals surface area contributed by atoms with Gasteiger partial charge >= 0.3 is 5.97 Å². The fourth-order valence-corrected chi connectivity index (χ4v) is 5.51. The van der Waals surface area contributed by atoms with E-state index in [0.717, 1.165) is 35.4 Å². The molecule has 4 rings (SSSR count). The van der Waals surface area contributed by atoms with Crippen molar-refractivity contribution in [1.29, 1.82) is 0 Å². The number of ether oxygens (including phenoxy) is 1. The molecule has 0 bridgehead atoms. The first-order valence-electron chi connectivity index (χ1n) is 9.55. The van der Waals surface area contributed by atoms with Crippen molar-refractivity contribution in [3.63, 3.8) is 0 Å². The third-order valence-electron chi connectivity index (χ3n) is 6.39. The van der Waals surface area contributed by atoms with Gasteiger partial charge in [0.25, 0.3) is 0 Å². The average molecular weight is 410 g/mol. The summed E-state index contributed by atoms with van der Waals surface area (Å²) in [7, 11) is 1.45. The second-order valence-electron chi connectivity index (χ2n) is 7.91. The van der Waals surface area contributed by atoms with Crippen LogP contribution < -0.4 is 5.32 Å². The van der Waals surface area contributed by atoms with Gasteiger partial charge in [0.2, 0.25) is 0 Å². The van der Waals surface area contributed by atoms with Crippen molar-refractivity contribution in [1.82, 2.24) is 15.1 Å². The molecule has 6 heteroatoms. The van der Waals surface area contributed by atoms with Crippen molar-refractivity contribution in [3.8, 4) is 0 Å². The van der Waals surface area contributed by atoms with Gasteiger partial charge in [0.05, 0.1) is 12.7 Å². The summed E-state index contributed by atoms with van der Waals surface area (Å²) in [6.07, 6.45) is 10.8. The Morgan fingerprint density at radius 1 is 1.12 bits per heavy atom. The maximum absolute atomic E-state index is 12.2. The Morgan fingerprint density at radius 3 is 2.40 bits per heavy atom. The fraction of sp³-hybridized carbons (Fsp3) is 0.737. The molecular weight excluding hydrogens is 382 g/mol. The molecule has 25 heavy (non-hydrogen) atoms. The topological polar surface area (TPSA) is 44.8 Å². The molecule has 4 aliphatic rings.